The van der Waals surface area contributed by atoms with Crippen molar-refractivity contribution in [2.75, 3.05) is 18.6 Å². The molecule has 0 spiro atoms. The van der Waals surface area contributed by atoms with Gasteiger partial charge in [-0.3, -0.25) is 4.98 Å². The lowest BCUT2D eigenvalue weighted by Gasteiger charge is -2.17. The van der Waals surface area contributed by atoms with E-state index in [0.717, 1.165) is 18.0 Å². The van der Waals surface area contributed by atoms with Crippen LogP contribution in [0.5, 0.6) is 0 Å². The van der Waals surface area contributed by atoms with E-state index in [1.807, 2.05) is 17.8 Å². The molecule has 1 rings (SSSR count). The van der Waals surface area contributed by atoms with Crippen molar-refractivity contribution >= 4 is 23.4 Å². The number of likely N-dealkylation sites (N-methyl/N-ethyl adjacent to an activating group) is 1. The molecule has 1 unspecified atom stereocenters. The van der Waals surface area contributed by atoms with Gasteiger partial charge in [-0.25, -0.2) is 0 Å². The van der Waals surface area contributed by atoms with Gasteiger partial charge < -0.3 is 5.32 Å². The average molecular weight is 259 g/mol. The second-order valence-corrected chi connectivity index (χ2v) is 5.10. The zero-order valence-corrected chi connectivity index (χ0v) is 11.4. The highest BCUT2D eigenvalue weighted by atomic mass is 35.5. The molecule has 0 saturated carbocycles. The molecule has 0 aliphatic heterocycles. The topological polar surface area (TPSA) is 24.9 Å². The first-order valence-electron chi connectivity index (χ1n) is 5.58. The second-order valence-electron chi connectivity index (χ2n) is 3.71. The summed E-state index contributed by atoms with van der Waals surface area (Å²) in [6.45, 7) is 3.14. The van der Waals surface area contributed by atoms with Crippen LogP contribution in [0.4, 0.5) is 0 Å². The third-order valence-electron chi connectivity index (χ3n) is 2.49. The van der Waals surface area contributed by atoms with Crippen LogP contribution in [0.2, 0.25) is 5.02 Å². The van der Waals surface area contributed by atoms with Crippen LogP contribution in [0.15, 0.2) is 18.5 Å². The van der Waals surface area contributed by atoms with Crippen LogP contribution in [0.25, 0.3) is 0 Å². The van der Waals surface area contributed by atoms with Gasteiger partial charge in [0, 0.05) is 18.4 Å². The molecule has 1 aromatic rings. The Labute approximate surface area is 107 Å². The number of hydrogen-bond acceptors (Lipinski definition) is 3. The molecule has 0 radical (unpaired) electrons. The van der Waals surface area contributed by atoms with Crippen LogP contribution in [-0.2, 0) is 6.42 Å². The van der Waals surface area contributed by atoms with Gasteiger partial charge in [-0.05, 0) is 43.0 Å². The van der Waals surface area contributed by atoms with Gasteiger partial charge in [-0.15, -0.1) is 0 Å². The van der Waals surface area contributed by atoms with E-state index in [1.165, 1.54) is 17.7 Å². The van der Waals surface area contributed by atoms with Crippen LogP contribution in [0.1, 0.15) is 18.9 Å². The predicted octanol–water partition coefficient (Wildman–Crippen LogP) is 3.01. The Morgan fingerprint density at radius 2 is 2.38 bits per heavy atom. The Bertz CT molecular complexity index is 307. The summed E-state index contributed by atoms with van der Waals surface area (Å²) in [4.78, 5) is 4.00. The molecular weight excluding hydrogens is 240 g/mol. The molecule has 0 aliphatic carbocycles. The number of nitrogens with one attached hydrogen (secondary N) is 1. The fourth-order valence-electron chi connectivity index (χ4n) is 1.66. The number of hydrogen-bond donors (Lipinski definition) is 1. The minimum Gasteiger partial charge on any atom is -0.314 e. The fourth-order valence-corrected chi connectivity index (χ4v) is 2.38. The first kappa shape index (κ1) is 13.8. The van der Waals surface area contributed by atoms with E-state index in [-0.39, 0.29) is 0 Å². The Morgan fingerprint density at radius 1 is 1.56 bits per heavy atom. The molecule has 0 aliphatic rings. The van der Waals surface area contributed by atoms with Gasteiger partial charge in [0.15, 0.2) is 0 Å². The first-order valence-corrected chi connectivity index (χ1v) is 7.35. The van der Waals surface area contributed by atoms with Crippen LogP contribution in [-0.4, -0.2) is 29.6 Å². The SMILES string of the molecule is CCNC(CCSC)Cc1ccncc1Cl. The molecule has 2 nitrogen and oxygen atoms in total. The minimum absolute atomic E-state index is 0.511. The number of thioether (sulfide) groups is 1. The average Bonchev–Trinajstić information content (AvgIpc) is 2.29. The lowest BCUT2D eigenvalue weighted by molar-refractivity contribution is 0.513. The largest absolute Gasteiger partial charge is 0.314 e. The monoisotopic (exact) mass is 258 g/mol. The Hall–Kier alpha value is -0.250. The summed E-state index contributed by atoms with van der Waals surface area (Å²) in [7, 11) is 0. The molecule has 0 aromatic carbocycles. The molecule has 1 heterocycles. The Morgan fingerprint density at radius 3 is 3.00 bits per heavy atom. The molecule has 1 aromatic heterocycles. The number of pyridine rings is 1. The van der Waals surface area contributed by atoms with E-state index >= 15 is 0 Å². The molecular formula is C12H19ClN2S. The third kappa shape index (κ3) is 4.73. The third-order valence-corrected chi connectivity index (χ3v) is 3.47. The molecule has 1 N–H and O–H groups in total. The standard InChI is InChI=1S/C12H19ClN2S/c1-3-15-11(5-7-16-2)8-10-4-6-14-9-12(10)13/h4,6,9,11,15H,3,5,7-8H2,1-2H3. The smallest absolute Gasteiger partial charge is 0.0621 e. The highest BCUT2D eigenvalue weighted by Gasteiger charge is 2.10. The highest BCUT2D eigenvalue weighted by molar-refractivity contribution is 7.98. The molecule has 0 bridgehead atoms. The molecule has 0 fully saturated rings. The second kappa shape index (κ2) is 7.93. The zero-order chi connectivity index (χ0) is 11.8. The number of nitrogens with zero attached hydrogens (tertiary/aromatic N) is 1. The van der Waals surface area contributed by atoms with Crippen molar-refractivity contribution in [3.8, 4) is 0 Å². The maximum Gasteiger partial charge on any atom is 0.0621 e. The molecule has 16 heavy (non-hydrogen) atoms. The fraction of sp³-hybridized carbons (Fsp3) is 0.583. The summed E-state index contributed by atoms with van der Waals surface area (Å²) in [5.74, 6) is 1.18. The lowest BCUT2D eigenvalue weighted by atomic mass is 10.1. The van der Waals surface area contributed by atoms with Gasteiger partial charge in [0.05, 0.1) is 5.02 Å². The van der Waals surface area contributed by atoms with Crippen molar-refractivity contribution in [1.82, 2.24) is 10.3 Å². The van der Waals surface area contributed by atoms with Crippen molar-refractivity contribution in [2.24, 2.45) is 0 Å². The zero-order valence-electron chi connectivity index (χ0n) is 9.87. The van der Waals surface area contributed by atoms with Gasteiger partial charge in [-0.1, -0.05) is 18.5 Å². The summed E-state index contributed by atoms with van der Waals surface area (Å²) >= 11 is 7.99. The predicted molar refractivity (Wildman–Crippen MR) is 73.4 cm³/mol. The van der Waals surface area contributed by atoms with Crippen LogP contribution < -0.4 is 5.32 Å². The van der Waals surface area contributed by atoms with Crippen LogP contribution in [0, 0.1) is 0 Å². The molecule has 1 atom stereocenters. The van der Waals surface area contributed by atoms with E-state index in [2.05, 4.69) is 23.5 Å². The maximum atomic E-state index is 6.11. The lowest BCUT2D eigenvalue weighted by Crippen LogP contribution is -2.31. The summed E-state index contributed by atoms with van der Waals surface area (Å²) in [6, 6.07) is 2.52. The molecule has 0 saturated heterocycles. The normalized spacial score (nSPS) is 12.7. The summed E-state index contributed by atoms with van der Waals surface area (Å²) in [5.41, 5.74) is 1.18. The van der Waals surface area contributed by atoms with Gasteiger partial charge >= 0.3 is 0 Å². The van der Waals surface area contributed by atoms with E-state index in [4.69, 9.17) is 11.6 Å². The molecule has 0 amide bonds. The first-order chi connectivity index (χ1) is 7.77. The van der Waals surface area contributed by atoms with Gasteiger partial charge in [0.25, 0.3) is 0 Å². The van der Waals surface area contributed by atoms with E-state index in [1.54, 1.807) is 12.4 Å². The summed E-state index contributed by atoms with van der Waals surface area (Å²) in [6.07, 6.45) is 7.82. The van der Waals surface area contributed by atoms with Gasteiger partial charge in [0.2, 0.25) is 0 Å². The van der Waals surface area contributed by atoms with Crippen molar-refractivity contribution in [3.05, 3.63) is 29.0 Å². The van der Waals surface area contributed by atoms with Crippen LogP contribution >= 0.6 is 23.4 Å². The minimum atomic E-state index is 0.511. The quantitative estimate of drug-likeness (QED) is 0.814. The van der Waals surface area contributed by atoms with Gasteiger partial charge in [-0.2, -0.15) is 11.8 Å². The van der Waals surface area contributed by atoms with Crippen molar-refractivity contribution < 1.29 is 0 Å². The number of rotatable bonds is 7. The number of aromatic nitrogens is 1. The summed E-state index contributed by atoms with van der Waals surface area (Å²) in [5, 5.41) is 4.27. The maximum absolute atomic E-state index is 6.11. The van der Waals surface area contributed by atoms with Crippen molar-refractivity contribution in [2.45, 2.75) is 25.8 Å². The van der Waals surface area contributed by atoms with Crippen molar-refractivity contribution in [3.63, 3.8) is 0 Å². The van der Waals surface area contributed by atoms with Crippen LogP contribution in [0.3, 0.4) is 0 Å². The molecule has 4 heteroatoms. The van der Waals surface area contributed by atoms with E-state index in [9.17, 15) is 0 Å². The Kier molecular flexibility index (Phi) is 6.85. The van der Waals surface area contributed by atoms with E-state index < -0.39 is 0 Å². The van der Waals surface area contributed by atoms with Gasteiger partial charge in [0.1, 0.15) is 0 Å². The molecule has 90 valence electrons. The van der Waals surface area contributed by atoms with E-state index in [0.29, 0.717) is 6.04 Å². The number of halogens is 1. The summed E-state index contributed by atoms with van der Waals surface area (Å²) < 4.78 is 0. The highest BCUT2D eigenvalue weighted by Crippen LogP contribution is 2.16. The Balaban J connectivity index is 2.56. The van der Waals surface area contributed by atoms with Crippen molar-refractivity contribution in [1.29, 1.82) is 0 Å².